The first-order chi connectivity index (χ1) is 25.8. The van der Waals surface area contributed by atoms with E-state index in [0.29, 0.717) is 11.8 Å². The fourth-order valence-electron chi connectivity index (χ4n) is 6.44. The molecule has 0 aliphatic rings. The summed E-state index contributed by atoms with van der Waals surface area (Å²) in [6, 6.07) is 40.7. The van der Waals surface area contributed by atoms with Gasteiger partial charge in [-0.3, -0.25) is 0 Å². The second kappa shape index (κ2) is 20.5. The number of hydrogen-bond donors (Lipinski definition) is 0. The van der Waals surface area contributed by atoms with Crippen molar-refractivity contribution in [2.45, 2.75) is 132 Å². The van der Waals surface area contributed by atoms with E-state index < -0.39 is 0 Å². The van der Waals surface area contributed by atoms with Crippen LogP contribution < -0.4 is 0 Å². The Labute approximate surface area is 359 Å². The molecule has 0 atom stereocenters. The van der Waals surface area contributed by atoms with Crippen molar-refractivity contribution in [1.82, 2.24) is 0 Å². The fourth-order valence-corrected chi connectivity index (χ4v) is 6.44. The van der Waals surface area contributed by atoms with Crippen LogP contribution in [-0.2, 0) is 45.9 Å². The summed E-state index contributed by atoms with van der Waals surface area (Å²) in [4.78, 5) is 0. The smallest absolute Gasteiger partial charge is 0.172 e. The van der Waals surface area contributed by atoms with Gasteiger partial charge in [-0.1, -0.05) is 171 Å². The Bertz CT molecular complexity index is 1870. The van der Waals surface area contributed by atoms with E-state index in [1.807, 2.05) is 30.3 Å². The fraction of sp³-hybridized carbons (Fsp3) is 0.400. The van der Waals surface area contributed by atoms with E-state index in [1.165, 1.54) is 90.3 Å². The van der Waals surface area contributed by atoms with Crippen LogP contribution >= 0.6 is 0 Å². The van der Waals surface area contributed by atoms with Gasteiger partial charge in [0.05, 0.1) is 0 Å². The Morgan fingerprint density at radius 2 is 0.768 bits per heavy atom. The van der Waals surface area contributed by atoms with Gasteiger partial charge >= 0.3 is 28.4 Å². The number of hydrogen-bond acceptors (Lipinski definition) is 0. The van der Waals surface area contributed by atoms with E-state index in [9.17, 15) is 0 Å². The van der Waals surface area contributed by atoms with Gasteiger partial charge in [-0.25, -0.2) is 12.1 Å². The van der Waals surface area contributed by atoms with E-state index >= 15 is 0 Å². The minimum absolute atomic E-state index is 0.0252. The third kappa shape index (κ3) is 14.3. The van der Waals surface area contributed by atoms with Crippen LogP contribution in [-0.4, -0.2) is 4.21 Å². The quantitative estimate of drug-likeness (QED) is 0.153. The van der Waals surface area contributed by atoms with Gasteiger partial charge in [-0.2, -0.15) is 30.0 Å². The molecule has 6 aromatic carbocycles. The van der Waals surface area contributed by atoms with E-state index in [0.717, 1.165) is 0 Å². The zero-order valence-electron chi connectivity index (χ0n) is 38.2. The molecular weight excluding hydrogens is 752 g/mol. The molecule has 0 nitrogen and oxygen atoms in total. The average Bonchev–Trinajstić information content (AvgIpc) is 3.78. The summed E-state index contributed by atoms with van der Waals surface area (Å²) < 4.78 is 3.34. The van der Waals surface area contributed by atoms with Crippen LogP contribution in [0.25, 0.3) is 43.8 Å². The summed E-state index contributed by atoms with van der Waals surface area (Å²) in [7, 11) is 0. The topological polar surface area (TPSA) is 0 Å². The van der Waals surface area contributed by atoms with Gasteiger partial charge < -0.3 is 13.8 Å². The molecule has 0 N–H and O–H groups in total. The molecule has 6 aromatic rings. The molecule has 0 amide bonds. The molecule has 0 bridgehead atoms. The molecule has 0 heterocycles. The van der Waals surface area contributed by atoms with Gasteiger partial charge in [-0.15, -0.1) is 39.7 Å². The van der Waals surface area contributed by atoms with Crippen molar-refractivity contribution in [2.75, 3.05) is 0 Å². The minimum atomic E-state index is 0.0252. The predicted molar refractivity (Wildman–Crippen MR) is 252 cm³/mol. The molecule has 0 fully saturated rings. The van der Waals surface area contributed by atoms with Gasteiger partial charge in [0, 0.05) is 0 Å². The number of rotatable bonds is 2. The first kappa shape index (κ1) is 49.0. The van der Waals surface area contributed by atoms with Crippen molar-refractivity contribution in [2.24, 2.45) is 11.8 Å². The molecule has 0 aromatic heterocycles. The average molecular weight is 826 g/mol. The Balaban J connectivity index is 0.000000614. The largest absolute Gasteiger partial charge is 0.214 e. The second-order valence-electron chi connectivity index (χ2n) is 20.0. The van der Waals surface area contributed by atoms with Crippen molar-refractivity contribution in [3.63, 3.8) is 0 Å². The first-order valence-corrected chi connectivity index (χ1v) is 22.2. The molecular formula is C55H74Zr-4. The van der Waals surface area contributed by atoms with Crippen LogP contribution in [0, 0.1) is 25.7 Å². The summed E-state index contributed by atoms with van der Waals surface area (Å²) in [5.41, 5.74) is 11.2. The van der Waals surface area contributed by atoms with Crippen molar-refractivity contribution < 1.29 is 24.2 Å². The molecule has 56 heavy (non-hydrogen) atoms. The molecule has 6 rings (SSSR count). The summed E-state index contributed by atoms with van der Waals surface area (Å²) in [6.07, 6.45) is 0. The van der Waals surface area contributed by atoms with E-state index in [2.05, 4.69) is 208 Å². The molecule has 0 unspecified atom stereocenters. The monoisotopic (exact) mass is 824 g/mol. The maximum absolute atomic E-state index is 3.64. The molecule has 1 heteroatoms. The maximum atomic E-state index is 3.64. The number of benzene rings is 4. The molecule has 302 valence electrons. The van der Waals surface area contributed by atoms with Crippen LogP contribution in [0.2, 0.25) is 0 Å². The van der Waals surface area contributed by atoms with E-state index in [-0.39, 0.29) is 21.7 Å². The summed E-state index contributed by atoms with van der Waals surface area (Å²) in [6.45, 7) is 43.2. The summed E-state index contributed by atoms with van der Waals surface area (Å²) >= 11 is 1.30. The predicted octanol–water partition coefficient (Wildman–Crippen LogP) is 16.6. The van der Waals surface area contributed by atoms with Crippen molar-refractivity contribution >= 4 is 25.8 Å². The van der Waals surface area contributed by atoms with Crippen molar-refractivity contribution in [1.29, 1.82) is 0 Å². The zero-order chi connectivity index (χ0) is 42.8. The first-order valence-electron chi connectivity index (χ1n) is 20.4. The third-order valence-electron chi connectivity index (χ3n) is 9.28. The van der Waals surface area contributed by atoms with Crippen LogP contribution in [0.5, 0.6) is 0 Å². The second-order valence-corrected chi connectivity index (χ2v) is 20.0. The molecule has 0 aliphatic heterocycles. The normalized spacial score (nSPS) is 11.8. The molecule has 0 saturated carbocycles. The van der Waals surface area contributed by atoms with Crippen LogP contribution in [0.4, 0.5) is 0 Å². The molecule has 0 saturated heterocycles. The van der Waals surface area contributed by atoms with Gasteiger partial charge in [0.1, 0.15) is 0 Å². The van der Waals surface area contributed by atoms with Gasteiger partial charge in [-0.05, 0) is 66.2 Å². The Kier molecular flexibility index (Phi) is 17.9. The minimum Gasteiger partial charge on any atom is -0.214 e. The summed E-state index contributed by atoms with van der Waals surface area (Å²) in [5.74, 6) is 1.17. The zero-order valence-corrected chi connectivity index (χ0v) is 40.6. The standard InChI is InChI=1S/C41H49.C5H5.2C4H9.CH2.Zr/c1-38(2,3)30-17-13-26(14-18-30)34-22-28-21-29-23-35(27-15-19-31(20-16-27)39(4,5)6)37(41(10,11)12)25-33(29)32(28)24-36(34)40(7,8)9;1-2-4-5-3-1;2*1-4(2)3;;/h13-25H,1-12H3;1-5H;2*4H,1H2,2-3H3;1H2;/q4*-1;;. The SMILES string of the molecule is CC(C)(C)c1ccc(-c2cc3[cH-]c4cc(-c5ccc(C(C)(C)C)cc5)c(C(C)(C)C)cc4c3cc2C(C)(C)C)cc1.[CH2-]C(C)C.[CH2-]C(C)C.[CH2]=[Zr].c1cc[cH-]c1. The summed E-state index contributed by atoms with van der Waals surface area (Å²) in [5, 5.41) is 5.37. The molecule has 0 radical (unpaired) electrons. The van der Waals surface area contributed by atoms with Crippen LogP contribution in [0.15, 0.2) is 109 Å². The van der Waals surface area contributed by atoms with Gasteiger partial charge in [0.2, 0.25) is 0 Å². The maximum Gasteiger partial charge on any atom is -0.172 e. The molecule has 0 aliphatic carbocycles. The third-order valence-corrected chi connectivity index (χ3v) is 9.28. The molecule has 0 spiro atoms. The Morgan fingerprint density at radius 3 is 0.982 bits per heavy atom. The Hall–Kier alpha value is -3.15. The van der Waals surface area contributed by atoms with Crippen molar-refractivity contribution in [3.05, 3.63) is 145 Å². The van der Waals surface area contributed by atoms with Gasteiger partial charge in [0.25, 0.3) is 0 Å². The Morgan fingerprint density at radius 1 is 0.482 bits per heavy atom. The van der Waals surface area contributed by atoms with E-state index in [4.69, 9.17) is 0 Å². The van der Waals surface area contributed by atoms with Crippen LogP contribution in [0.1, 0.15) is 133 Å². The van der Waals surface area contributed by atoms with Crippen molar-refractivity contribution in [3.8, 4) is 22.3 Å². The number of fused-ring (bicyclic) bond motifs is 3. The van der Waals surface area contributed by atoms with Gasteiger partial charge in [0.15, 0.2) is 0 Å². The van der Waals surface area contributed by atoms with Crippen LogP contribution in [0.3, 0.4) is 0 Å². The van der Waals surface area contributed by atoms with E-state index in [1.54, 1.807) is 0 Å².